The lowest BCUT2D eigenvalue weighted by molar-refractivity contribution is 0.279. The number of fused-ring (bicyclic) bond motifs is 1. The van der Waals surface area contributed by atoms with Gasteiger partial charge >= 0.3 is 0 Å². The Balaban J connectivity index is 2.49. The number of thiophene rings is 1. The lowest BCUT2D eigenvalue weighted by atomic mass is 9.82. The Morgan fingerprint density at radius 2 is 1.94 bits per heavy atom. The first-order valence-electron chi connectivity index (χ1n) is 6.23. The standard InChI is InChI=1S/C15H21NS/c1-5-16-14(15(2,3)4)12-10-17-13-9-7-6-8-11(12)13/h6-10,14,16H,5H2,1-4H3. The van der Waals surface area contributed by atoms with Gasteiger partial charge in [-0.15, -0.1) is 11.3 Å². The summed E-state index contributed by atoms with van der Waals surface area (Å²) < 4.78 is 1.38. The van der Waals surface area contributed by atoms with Crippen LogP contribution in [-0.4, -0.2) is 6.54 Å². The summed E-state index contributed by atoms with van der Waals surface area (Å²) in [5.74, 6) is 0. The summed E-state index contributed by atoms with van der Waals surface area (Å²) in [6.07, 6.45) is 0. The topological polar surface area (TPSA) is 12.0 Å². The van der Waals surface area contributed by atoms with Gasteiger partial charge in [0, 0.05) is 10.7 Å². The molecular weight excluding hydrogens is 226 g/mol. The number of rotatable bonds is 3. The zero-order valence-electron chi connectivity index (χ0n) is 11.1. The smallest absolute Gasteiger partial charge is 0.0383 e. The molecule has 1 aromatic carbocycles. The van der Waals surface area contributed by atoms with E-state index < -0.39 is 0 Å². The fraction of sp³-hybridized carbons (Fsp3) is 0.467. The van der Waals surface area contributed by atoms with Crippen molar-refractivity contribution >= 4 is 21.4 Å². The zero-order valence-corrected chi connectivity index (χ0v) is 11.9. The molecule has 17 heavy (non-hydrogen) atoms. The molecule has 0 aliphatic carbocycles. The fourth-order valence-corrected chi connectivity index (χ4v) is 3.30. The van der Waals surface area contributed by atoms with E-state index >= 15 is 0 Å². The minimum absolute atomic E-state index is 0.236. The average Bonchev–Trinajstić information content (AvgIpc) is 2.68. The van der Waals surface area contributed by atoms with E-state index in [1.165, 1.54) is 15.6 Å². The number of nitrogens with one attached hydrogen (secondary N) is 1. The summed E-state index contributed by atoms with van der Waals surface area (Å²) >= 11 is 1.84. The second kappa shape index (κ2) is 4.79. The van der Waals surface area contributed by atoms with Gasteiger partial charge in [0.25, 0.3) is 0 Å². The number of benzene rings is 1. The molecule has 0 spiro atoms. The lowest BCUT2D eigenvalue weighted by Gasteiger charge is -2.31. The highest BCUT2D eigenvalue weighted by Crippen LogP contribution is 2.38. The van der Waals surface area contributed by atoms with Crippen LogP contribution in [0.2, 0.25) is 0 Å². The quantitative estimate of drug-likeness (QED) is 0.836. The summed E-state index contributed by atoms with van der Waals surface area (Å²) in [6, 6.07) is 9.10. The minimum Gasteiger partial charge on any atom is -0.310 e. The Hall–Kier alpha value is -0.860. The van der Waals surface area contributed by atoms with Crippen LogP contribution in [0.3, 0.4) is 0 Å². The van der Waals surface area contributed by atoms with Gasteiger partial charge in [0.1, 0.15) is 0 Å². The minimum atomic E-state index is 0.236. The first-order valence-corrected chi connectivity index (χ1v) is 7.11. The van der Waals surface area contributed by atoms with Crippen molar-refractivity contribution < 1.29 is 0 Å². The predicted molar refractivity (Wildman–Crippen MR) is 77.7 cm³/mol. The van der Waals surface area contributed by atoms with Crippen LogP contribution in [0.1, 0.15) is 39.3 Å². The molecule has 2 aromatic rings. The van der Waals surface area contributed by atoms with E-state index in [0.29, 0.717) is 6.04 Å². The van der Waals surface area contributed by atoms with Crippen molar-refractivity contribution in [2.75, 3.05) is 6.54 Å². The van der Waals surface area contributed by atoms with Gasteiger partial charge < -0.3 is 5.32 Å². The second-order valence-corrected chi connectivity index (χ2v) is 6.46. The van der Waals surface area contributed by atoms with Crippen LogP contribution in [-0.2, 0) is 0 Å². The molecule has 2 heteroatoms. The van der Waals surface area contributed by atoms with Crippen LogP contribution in [0.4, 0.5) is 0 Å². The van der Waals surface area contributed by atoms with E-state index in [2.05, 4.69) is 62.7 Å². The molecule has 0 saturated carbocycles. The SMILES string of the molecule is CCNC(c1csc2ccccc12)C(C)(C)C. The third-order valence-corrected chi connectivity index (χ3v) is 4.08. The summed E-state index contributed by atoms with van der Waals surface area (Å²) in [5.41, 5.74) is 1.68. The van der Waals surface area contributed by atoms with Crippen LogP contribution in [0.25, 0.3) is 10.1 Å². The van der Waals surface area contributed by atoms with Crippen molar-refractivity contribution in [2.24, 2.45) is 5.41 Å². The van der Waals surface area contributed by atoms with Gasteiger partial charge in [0.2, 0.25) is 0 Å². The van der Waals surface area contributed by atoms with Gasteiger partial charge in [-0.2, -0.15) is 0 Å². The van der Waals surface area contributed by atoms with E-state index in [9.17, 15) is 0 Å². The monoisotopic (exact) mass is 247 g/mol. The van der Waals surface area contributed by atoms with E-state index in [1.54, 1.807) is 0 Å². The van der Waals surface area contributed by atoms with E-state index in [1.807, 2.05) is 11.3 Å². The van der Waals surface area contributed by atoms with E-state index in [0.717, 1.165) is 6.54 Å². The first kappa shape index (κ1) is 12.6. The first-order chi connectivity index (χ1) is 8.04. The maximum atomic E-state index is 3.62. The van der Waals surface area contributed by atoms with Crippen LogP contribution in [0.5, 0.6) is 0 Å². The summed E-state index contributed by atoms with van der Waals surface area (Å²) in [6.45, 7) is 10.1. The lowest BCUT2D eigenvalue weighted by Crippen LogP contribution is -2.31. The molecular formula is C15H21NS. The Labute approximate surface area is 108 Å². The van der Waals surface area contributed by atoms with E-state index in [-0.39, 0.29) is 5.41 Å². The second-order valence-electron chi connectivity index (χ2n) is 5.54. The molecule has 2 rings (SSSR count). The molecule has 0 fully saturated rings. The molecule has 0 saturated heterocycles. The van der Waals surface area contributed by atoms with Crippen molar-refractivity contribution in [1.29, 1.82) is 0 Å². The Kier molecular flexibility index (Phi) is 3.55. The zero-order chi connectivity index (χ0) is 12.5. The molecule has 1 nitrogen and oxygen atoms in total. The molecule has 0 radical (unpaired) electrons. The predicted octanol–water partition coefficient (Wildman–Crippen LogP) is 4.60. The number of hydrogen-bond donors (Lipinski definition) is 1. The Morgan fingerprint density at radius 3 is 2.59 bits per heavy atom. The molecule has 0 bridgehead atoms. The van der Waals surface area contributed by atoms with Crippen LogP contribution < -0.4 is 5.32 Å². The highest BCUT2D eigenvalue weighted by Gasteiger charge is 2.27. The van der Waals surface area contributed by atoms with Gasteiger partial charge in [0.15, 0.2) is 0 Å². The van der Waals surface area contributed by atoms with Gasteiger partial charge in [-0.3, -0.25) is 0 Å². The summed E-state index contributed by atoms with van der Waals surface area (Å²) in [5, 5.41) is 7.33. The Morgan fingerprint density at radius 1 is 1.24 bits per heavy atom. The van der Waals surface area contributed by atoms with Crippen molar-refractivity contribution in [3.8, 4) is 0 Å². The van der Waals surface area contributed by atoms with Gasteiger partial charge in [0.05, 0.1) is 0 Å². The van der Waals surface area contributed by atoms with E-state index in [4.69, 9.17) is 0 Å². The van der Waals surface area contributed by atoms with Crippen molar-refractivity contribution in [2.45, 2.75) is 33.7 Å². The molecule has 92 valence electrons. The highest BCUT2D eigenvalue weighted by molar-refractivity contribution is 7.17. The molecule has 1 unspecified atom stereocenters. The van der Waals surface area contributed by atoms with Crippen LogP contribution in [0.15, 0.2) is 29.6 Å². The van der Waals surface area contributed by atoms with Crippen molar-refractivity contribution in [1.82, 2.24) is 5.32 Å². The van der Waals surface area contributed by atoms with Gasteiger partial charge in [-0.25, -0.2) is 0 Å². The molecule has 1 N–H and O–H groups in total. The van der Waals surface area contributed by atoms with Crippen molar-refractivity contribution in [3.05, 3.63) is 35.2 Å². The highest BCUT2D eigenvalue weighted by atomic mass is 32.1. The third kappa shape index (κ3) is 2.53. The molecule has 0 amide bonds. The Bertz CT molecular complexity index is 493. The molecule has 0 aliphatic heterocycles. The average molecular weight is 247 g/mol. The van der Waals surface area contributed by atoms with Gasteiger partial charge in [-0.05, 0) is 34.4 Å². The maximum absolute atomic E-state index is 3.62. The summed E-state index contributed by atoms with van der Waals surface area (Å²) in [4.78, 5) is 0. The largest absolute Gasteiger partial charge is 0.310 e. The van der Waals surface area contributed by atoms with Crippen LogP contribution >= 0.6 is 11.3 Å². The normalized spacial score (nSPS) is 14.1. The van der Waals surface area contributed by atoms with Crippen molar-refractivity contribution in [3.63, 3.8) is 0 Å². The number of hydrogen-bond acceptors (Lipinski definition) is 2. The fourth-order valence-electron chi connectivity index (χ4n) is 2.31. The molecule has 1 heterocycles. The van der Waals surface area contributed by atoms with Crippen LogP contribution in [0, 0.1) is 5.41 Å². The molecule has 0 aliphatic rings. The molecule has 1 atom stereocenters. The van der Waals surface area contributed by atoms with Gasteiger partial charge in [-0.1, -0.05) is 45.9 Å². The molecule has 1 aromatic heterocycles. The maximum Gasteiger partial charge on any atom is 0.0383 e. The third-order valence-electron chi connectivity index (χ3n) is 3.10. The summed E-state index contributed by atoms with van der Waals surface area (Å²) in [7, 11) is 0.